The molecule has 0 radical (unpaired) electrons. The van der Waals surface area contributed by atoms with Crippen molar-refractivity contribution in [2.24, 2.45) is 0 Å². The van der Waals surface area contributed by atoms with Crippen LogP contribution in [0.2, 0.25) is 0 Å². The molecular formula is C11H18N2O. The monoisotopic (exact) mass is 194 g/mol. The van der Waals surface area contributed by atoms with Crippen molar-refractivity contribution in [1.29, 1.82) is 0 Å². The number of nitrogens with zero attached hydrogens (tertiary/aromatic N) is 1. The SMILES string of the molecule is COCCN(C)Cc1ccc(N)cc1. The zero-order chi connectivity index (χ0) is 10.4. The Kier molecular flexibility index (Phi) is 4.43. The summed E-state index contributed by atoms with van der Waals surface area (Å²) in [7, 11) is 3.80. The number of nitrogens with two attached hydrogens (primary N) is 1. The molecule has 0 fully saturated rings. The highest BCUT2D eigenvalue weighted by Gasteiger charge is 1.99. The van der Waals surface area contributed by atoms with E-state index in [0.29, 0.717) is 0 Å². The maximum atomic E-state index is 5.60. The number of hydrogen-bond donors (Lipinski definition) is 1. The van der Waals surface area contributed by atoms with E-state index in [4.69, 9.17) is 10.5 Å². The van der Waals surface area contributed by atoms with Gasteiger partial charge in [-0.25, -0.2) is 0 Å². The smallest absolute Gasteiger partial charge is 0.0589 e. The quantitative estimate of drug-likeness (QED) is 0.719. The number of nitrogen functional groups attached to an aromatic ring is 1. The fourth-order valence-corrected chi connectivity index (χ4v) is 1.26. The van der Waals surface area contributed by atoms with Gasteiger partial charge >= 0.3 is 0 Å². The van der Waals surface area contributed by atoms with E-state index in [1.807, 2.05) is 12.1 Å². The van der Waals surface area contributed by atoms with Crippen molar-refractivity contribution in [2.45, 2.75) is 6.54 Å². The van der Waals surface area contributed by atoms with Gasteiger partial charge in [0.25, 0.3) is 0 Å². The minimum Gasteiger partial charge on any atom is -0.399 e. The summed E-state index contributed by atoms with van der Waals surface area (Å²) in [4.78, 5) is 2.22. The van der Waals surface area contributed by atoms with Crippen LogP contribution in [0.15, 0.2) is 24.3 Å². The summed E-state index contributed by atoms with van der Waals surface area (Å²) in [5.74, 6) is 0. The van der Waals surface area contributed by atoms with Gasteiger partial charge in [0.2, 0.25) is 0 Å². The summed E-state index contributed by atoms with van der Waals surface area (Å²) in [5.41, 5.74) is 7.69. The maximum absolute atomic E-state index is 5.60. The van der Waals surface area contributed by atoms with Crippen molar-refractivity contribution in [3.05, 3.63) is 29.8 Å². The first-order valence-corrected chi connectivity index (χ1v) is 4.74. The molecule has 0 saturated carbocycles. The van der Waals surface area contributed by atoms with Crippen LogP contribution in [0.25, 0.3) is 0 Å². The topological polar surface area (TPSA) is 38.5 Å². The van der Waals surface area contributed by atoms with Gasteiger partial charge in [0, 0.05) is 25.9 Å². The Labute approximate surface area is 85.5 Å². The van der Waals surface area contributed by atoms with E-state index in [1.165, 1.54) is 5.56 Å². The molecule has 0 aliphatic heterocycles. The van der Waals surface area contributed by atoms with E-state index in [1.54, 1.807) is 7.11 Å². The first-order chi connectivity index (χ1) is 6.72. The van der Waals surface area contributed by atoms with Crippen LogP contribution in [-0.4, -0.2) is 32.2 Å². The number of rotatable bonds is 5. The number of benzene rings is 1. The number of anilines is 1. The molecule has 1 rings (SSSR count). The van der Waals surface area contributed by atoms with Crippen LogP contribution < -0.4 is 5.73 Å². The molecule has 0 spiro atoms. The predicted octanol–water partition coefficient (Wildman–Crippen LogP) is 1.35. The molecular weight excluding hydrogens is 176 g/mol. The Morgan fingerprint density at radius 3 is 2.50 bits per heavy atom. The summed E-state index contributed by atoms with van der Waals surface area (Å²) in [6.45, 7) is 2.65. The predicted molar refractivity (Wildman–Crippen MR) is 59.1 cm³/mol. The fraction of sp³-hybridized carbons (Fsp3) is 0.455. The molecule has 78 valence electrons. The molecule has 14 heavy (non-hydrogen) atoms. The Balaban J connectivity index is 2.39. The maximum Gasteiger partial charge on any atom is 0.0589 e. The minimum atomic E-state index is 0.769. The molecule has 0 heterocycles. The zero-order valence-corrected chi connectivity index (χ0v) is 8.86. The Morgan fingerprint density at radius 1 is 1.29 bits per heavy atom. The number of likely N-dealkylation sites (N-methyl/N-ethyl adjacent to an activating group) is 1. The van der Waals surface area contributed by atoms with Crippen molar-refractivity contribution in [2.75, 3.05) is 33.0 Å². The highest BCUT2D eigenvalue weighted by Crippen LogP contribution is 2.07. The van der Waals surface area contributed by atoms with Gasteiger partial charge in [-0.2, -0.15) is 0 Å². The molecule has 1 aromatic rings. The van der Waals surface area contributed by atoms with Crippen LogP contribution >= 0.6 is 0 Å². The van der Waals surface area contributed by atoms with Crippen molar-refractivity contribution in [3.63, 3.8) is 0 Å². The Hall–Kier alpha value is -1.06. The molecule has 0 aromatic heterocycles. The van der Waals surface area contributed by atoms with E-state index in [0.717, 1.165) is 25.4 Å². The Morgan fingerprint density at radius 2 is 1.93 bits per heavy atom. The average Bonchev–Trinajstić information content (AvgIpc) is 2.18. The van der Waals surface area contributed by atoms with Crippen LogP contribution in [0, 0.1) is 0 Å². The summed E-state index contributed by atoms with van der Waals surface area (Å²) < 4.78 is 5.01. The molecule has 0 aliphatic carbocycles. The third-order valence-electron chi connectivity index (χ3n) is 2.11. The van der Waals surface area contributed by atoms with Crippen LogP contribution in [0.3, 0.4) is 0 Å². The highest BCUT2D eigenvalue weighted by molar-refractivity contribution is 5.39. The second kappa shape index (κ2) is 5.62. The van der Waals surface area contributed by atoms with E-state index in [9.17, 15) is 0 Å². The third-order valence-corrected chi connectivity index (χ3v) is 2.11. The Bertz CT molecular complexity index is 258. The first kappa shape index (κ1) is 11.0. The fourth-order valence-electron chi connectivity index (χ4n) is 1.26. The summed E-state index contributed by atoms with van der Waals surface area (Å²) in [5, 5.41) is 0. The van der Waals surface area contributed by atoms with Gasteiger partial charge in [0.05, 0.1) is 6.61 Å². The van der Waals surface area contributed by atoms with E-state index in [2.05, 4.69) is 24.1 Å². The van der Waals surface area contributed by atoms with Crippen LogP contribution in [-0.2, 0) is 11.3 Å². The molecule has 0 unspecified atom stereocenters. The standard InChI is InChI=1S/C11H18N2O/c1-13(7-8-14-2)9-10-3-5-11(12)6-4-10/h3-6H,7-9,12H2,1-2H3. The lowest BCUT2D eigenvalue weighted by molar-refractivity contribution is 0.158. The summed E-state index contributed by atoms with van der Waals surface area (Å²) in [6.07, 6.45) is 0. The third kappa shape index (κ3) is 3.77. The van der Waals surface area contributed by atoms with E-state index >= 15 is 0 Å². The lowest BCUT2D eigenvalue weighted by atomic mass is 10.2. The lowest BCUT2D eigenvalue weighted by Crippen LogP contribution is -2.22. The van der Waals surface area contributed by atoms with Gasteiger partial charge in [0.1, 0.15) is 0 Å². The highest BCUT2D eigenvalue weighted by atomic mass is 16.5. The van der Waals surface area contributed by atoms with Crippen LogP contribution in [0.4, 0.5) is 5.69 Å². The first-order valence-electron chi connectivity index (χ1n) is 4.74. The number of methoxy groups -OCH3 is 1. The second-order valence-corrected chi connectivity index (χ2v) is 3.47. The van der Waals surface area contributed by atoms with Crippen molar-refractivity contribution in [1.82, 2.24) is 4.90 Å². The molecule has 0 bridgehead atoms. The molecule has 0 saturated heterocycles. The van der Waals surface area contributed by atoms with E-state index in [-0.39, 0.29) is 0 Å². The molecule has 1 aromatic carbocycles. The number of hydrogen-bond acceptors (Lipinski definition) is 3. The lowest BCUT2D eigenvalue weighted by Gasteiger charge is -2.15. The van der Waals surface area contributed by atoms with Gasteiger partial charge in [0.15, 0.2) is 0 Å². The average molecular weight is 194 g/mol. The van der Waals surface area contributed by atoms with Gasteiger partial charge in [-0.1, -0.05) is 12.1 Å². The number of ether oxygens (including phenoxy) is 1. The largest absolute Gasteiger partial charge is 0.399 e. The molecule has 0 amide bonds. The zero-order valence-electron chi connectivity index (χ0n) is 8.86. The molecule has 3 heteroatoms. The molecule has 2 N–H and O–H groups in total. The van der Waals surface area contributed by atoms with Crippen LogP contribution in [0.1, 0.15) is 5.56 Å². The van der Waals surface area contributed by atoms with Crippen molar-refractivity contribution < 1.29 is 4.74 Å². The molecule has 0 aliphatic rings. The van der Waals surface area contributed by atoms with E-state index < -0.39 is 0 Å². The van der Waals surface area contributed by atoms with Gasteiger partial charge in [-0.3, -0.25) is 4.90 Å². The van der Waals surface area contributed by atoms with Crippen molar-refractivity contribution in [3.8, 4) is 0 Å². The molecule has 3 nitrogen and oxygen atoms in total. The summed E-state index contributed by atoms with van der Waals surface area (Å²) in [6, 6.07) is 7.97. The molecule has 0 atom stereocenters. The van der Waals surface area contributed by atoms with Crippen molar-refractivity contribution >= 4 is 5.69 Å². The van der Waals surface area contributed by atoms with Crippen LogP contribution in [0.5, 0.6) is 0 Å². The van der Waals surface area contributed by atoms with Gasteiger partial charge < -0.3 is 10.5 Å². The van der Waals surface area contributed by atoms with Gasteiger partial charge in [-0.05, 0) is 24.7 Å². The normalized spacial score (nSPS) is 10.8. The minimum absolute atomic E-state index is 0.769. The second-order valence-electron chi connectivity index (χ2n) is 3.47. The summed E-state index contributed by atoms with van der Waals surface area (Å²) >= 11 is 0. The van der Waals surface area contributed by atoms with Gasteiger partial charge in [-0.15, -0.1) is 0 Å².